The monoisotopic (exact) mass is 277 g/mol. The molecule has 0 aromatic carbocycles. The SMILES string of the molecule is Cn1ncc(N)c1C(=O)N1CCC(N2CCCC2)CC1. The van der Waals surface area contributed by atoms with E-state index in [1.165, 1.54) is 25.9 Å². The van der Waals surface area contributed by atoms with Gasteiger partial charge in [0.05, 0.1) is 11.9 Å². The molecule has 1 amide bonds. The van der Waals surface area contributed by atoms with Crippen LogP contribution in [0.1, 0.15) is 36.2 Å². The fourth-order valence-electron chi connectivity index (χ4n) is 3.41. The molecule has 2 aliphatic rings. The Hall–Kier alpha value is -1.56. The molecule has 0 radical (unpaired) electrons. The van der Waals surface area contributed by atoms with Crippen molar-refractivity contribution in [3.8, 4) is 0 Å². The molecule has 3 rings (SSSR count). The summed E-state index contributed by atoms with van der Waals surface area (Å²) in [4.78, 5) is 17.0. The zero-order valence-electron chi connectivity index (χ0n) is 12.1. The van der Waals surface area contributed by atoms with Crippen LogP contribution in [0.4, 0.5) is 5.69 Å². The molecule has 2 N–H and O–H groups in total. The van der Waals surface area contributed by atoms with E-state index in [1.54, 1.807) is 17.9 Å². The number of nitrogens with two attached hydrogens (primary N) is 1. The molecule has 20 heavy (non-hydrogen) atoms. The molecule has 0 saturated carbocycles. The molecule has 2 saturated heterocycles. The third-order valence-electron chi connectivity index (χ3n) is 4.58. The van der Waals surface area contributed by atoms with Crippen LogP contribution in [0.5, 0.6) is 0 Å². The fraction of sp³-hybridized carbons (Fsp3) is 0.714. The second-order valence-corrected chi connectivity index (χ2v) is 5.84. The first kappa shape index (κ1) is 13.4. The van der Waals surface area contributed by atoms with Gasteiger partial charge >= 0.3 is 0 Å². The standard InChI is InChI=1S/C14H23N5O/c1-17-13(12(15)10-16-17)14(20)19-8-4-11(5-9-19)18-6-2-3-7-18/h10-11H,2-9,15H2,1H3. The molecule has 0 aliphatic carbocycles. The number of aromatic nitrogens is 2. The summed E-state index contributed by atoms with van der Waals surface area (Å²) in [5.41, 5.74) is 6.83. The van der Waals surface area contributed by atoms with E-state index < -0.39 is 0 Å². The van der Waals surface area contributed by atoms with Gasteiger partial charge in [-0.2, -0.15) is 5.10 Å². The van der Waals surface area contributed by atoms with E-state index >= 15 is 0 Å². The van der Waals surface area contributed by atoms with Crippen LogP contribution in [0.2, 0.25) is 0 Å². The largest absolute Gasteiger partial charge is 0.396 e. The molecule has 3 heterocycles. The lowest BCUT2D eigenvalue weighted by Gasteiger charge is -2.36. The van der Waals surface area contributed by atoms with Crippen molar-refractivity contribution in [2.45, 2.75) is 31.7 Å². The summed E-state index contributed by atoms with van der Waals surface area (Å²) in [7, 11) is 1.76. The van der Waals surface area contributed by atoms with Gasteiger partial charge in [0, 0.05) is 26.2 Å². The van der Waals surface area contributed by atoms with Gasteiger partial charge in [0.25, 0.3) is 5.91 Å². The summed E-state index contributed by atoms with van der Waals surface area (Å²) in [5.74, 6) is 0.0161. The van der Waals surface area contributed by atoms with E-state index in [9.17, 15) is 4.79 Å². The summed E-state index contributed by atoms with van der Waals surface area (Å²) < 4.78 is 1.57. The van der Waals surface area contributed by atoms with Gasteiger partial charge in [0.15, 0.2) is 0 Å². The highest BCUT2D eigenvalue weighted by Crippen LogP contribution is 2.23. The van der Waals surface area contributed by atoms with E-state index in [1.807, 2.05) is 4.90 Å². The van der Waals surface area contributed by atoms with Crippen molar-refractivity contribution in [3.05, 3.63) is 11.9 Å². The molecular formula is C14H23N5O. The lowest BCUT2D eigenvalue weighted by atomic mass is 10.0. The quantitative estimate of drug-likeness (QED) is 0.864. The maximum absolute atomic E-state index is 12.5. The number of hydrogen-bond donors (Lipinski definition) is 1. The van der Waals surface area contributed by atoms with Crippen LogP contribution in [0.3, 0.4) is 0 Å². The van der Waals surface area contributed by atoms with E-state index in [4.69, 9.17) is 5.73 Å². The predicted molar refractivity (Wildman–Crippen MR) is 77.4 cm³/mol. The van der Waals surface area contributed by atoms with Gasteiger partial charge in [-0.3, -0.25) is 9.48 Å². The lowest BCUT2D eigenvalue weighted by Crippen LogP contribution is -2.46. The van der Waals surface area contributed by atoms with Gasteiger partial charge in [-0.25, -0.2) is 0 Å². The first-order valence-electron chi connectivity index (χ1n) is 7.47. The number of aryl methyl sites for hydroxylation is 1. The molecule has 1 aromatic rings. The molecule has 6 heteroatoms. The summed E-state index contributed by atoms with van der Waals surface area (Å²) in [5, 5.41) is 4.05. The Morgan fingerprint density at radius 2 is 1.90 bits per heavy atom. The first-order chi connectivity index (χ1) is 9.66. The first-order valence-corrected chi connectivity index (χ1v) is 7.47. The van der Waals surface area contributed by atoms with Crippen LogP contribution in [0, 0.1) is 0 Å². The molecule has 2 aliphatic heterocycles. The Morgan fingerprint density at radius 1 is 1.25 bits per heavy atom. The summed E-state index contributed by atoms with van der Waals surface area (Å²) >= 11 is 0. The second kappa shape index (κ2) is 5.44. The van der Waals surface area contributed by atoms with Crippen LogP contribution < -0.4 is 5.73 Å². The molecule has 0 unspecified atom stereocenters. The number of carbonyl (C=O) groups is 1. The number of rotatable bonds is 2. The fourth-order valence-corrected chi connectivity index (χ4v) is 3.41. The van der Waals surface area contributed by atoms with Crippen LogP contribution in [0.15, 0.2) is 6.20 Å². The van der Waals surface area contributed by atoms with Gasteiger partial charge in [0.2, 0.25) is 0 Å². The topological polar surface area (TPSA) is 67.4 Å². The van der Waals surface area contributed by atoms with E-state index in [-0.39, 0.29) is 5.91 Å². The summed E-state index contributed by atoms with van der Waals surface area (Å²) in [6.07, 6.45) is 6.34. The molecule has 0 spiro atoms. The van der Waals surface area contributed by atoms with Crippen LogP contribution >= 0.6 is 0 Å². The maximum Gasteiger partial charge on any atom is 0.274 e. The highest BCUT2D eigenvalue weighted by molar-refractivity contribution is 5.97. The molecule has 2 fully saturated rings. The zero-order chi connectivity index (χ0) is 14.1. The number of likely N-dealkylation sites (tertiary alicyclic amines) is 2. The van der Waals surface area contributed by atoms with Crippen LogP contribution in [-0.4, -0.2) is 57.7 Å². The minimum atomic E-state index is 0.0161. The highest BCUT2D eigenvalue weighted by Gasteiger charge is 2.30. The summed E-state index contributed by atoms with van der Waals surface area (Å²) in [6.45, 7) is 4.11. The molecule has 0 atom stereocenters. The van der Waals surface area contributed by atoms with Crippen molar-refractivity contribution in [2.24, 2.45) is 7.05 Å². The number of anilines is 1. The number of piperidine rings is 1. The van der Waals surface area contributed by atoms with Crippen molar-refractivity contribution in [3.63, 3.8) is 0 Å². The highest BCUT2D eigenvalue weighted by atomic mass is 16.2. The second-order valence-electron chi connectivity index (χ2n) is 5.84. The third-order valence-corrected chi connectivity index (χ3v) is 4.58. The Bertz CT molecular complexity index is 464. The minimum absolute atomic E-state index is 0.0161. The zero-order valence-corrected chi connectivity index (χ0v) is 12.1. The Labute approximate surface area is 119 Å². The van der Waals surface area contributed by atoms with Gasteiger partial charge in [-0.05, 0) is 38.8 Å². The van der Waals surface area contributed by atoms with E-state index in [2.05, 4.69) is 10.00 Å². The van der Waals surface area contributed by atoms with Crippen molar-refractivity contribution < 1.29 is 4.79 Å². The average Bonchev–Trinajstić information content (AvgIpc) is 3.09. The molecule has 110 valence electrons. The lowest BCUT2D eigenvalue weighted by molar-refractivity contribution is 0.0635. The van der Waals surface area contributed by atoms with E-state index in [0.717, 1.165) is 25.9 Å². The van der Waals surface area contributed by atoms with Crippen molar-refractivity contribution >= 4 is 11.6 Å². The number of carbonyl (C=O) groups excluding carboxylic acids is 1. The minimum Gasteiger partial charge on any atom is -0.396 e. The Balaban J connectivity index is 1.62. The number of nitrogen functional groups attached to an aromatic ring is 1. The van der Waals surface area contributed by atoms with Crippen molar-refractivity contribution in [1.29, 1.82) is 0 Å². The average molecular weight is 277 g/mol. The van der Waals surface area contributed by atoms with Crippen molar-refractivity contribution in [2.75, 3.05) is 31.9 Å². The van der Waals surface area contributed by atoms with Gasteiger partial charge < -0.3 is 15.5 Å². The molecule has 0 bridgehead atoms. The predicted octanol–water partition coefficient (Wildman–Crippen LogP) is 0.703. The molecule has 1 aromatic heterocycles. The number of nitrogens with zero attached hydrogens (tertiary/aromatic N) is 4. The van der Waals surface area contributed by atoms with Gasteiger partial charge in [-0.15, -0.1) is 0 Å². The number of amides is 1. The third kappa shape index (κ3) is 2.40. The van der Waals surface area contributed by atoms with Gasteiger partial charge in [-0.1, -0.05) is 0 Å². The Morgan fingerprint density at radius 3 is 2.45 bits per heavy atom. The van der Waals surface area contributed by atoms with E-state index in [0.29, 0.717) is 17.4 Å². The number of hydrogen-bond acceptors (Lipinski definition) is 4. The Kier molecular flexibility index (Phi) is 3.65. The summed E-state index contributed by atoms with van der Waals surface area (Å²) in [6, 6.07) is 0.658. The van der Waals surface area contributed by atoms with Crippen LogP contribution in [-0.2, 0) is 7.05 Å². The van der Waals surface area contributed by atoms with Crippen LogP contribution in [0.25, 0.3) is 0 Å². The normalized spacial score (nSPS) is 21.6. The molecule has 6 nitrogen and oxygen atoms in total. The maximum atomic E-state index is 12.5. The van der Waals surface area contributed by atoms with Crippen molar-refractivity contribution in [1.82, 2.24) is 19.6 Å². The van der Waals surface area contributed by atoms with Gasteiger partial charge in [0.1, 0.15) is 5.69 Å². The molecular weight excluding hydrogens is 254 g/mol. The smallest absolute Gasteiger partial charge is 0.274 e.